The summed E-state index contributed by atoms with van der Waals surface area (Å²) in [5.41, 5.74) is 0.465. The molecule has 1 heterocycles. The molecule has 1 fully saturated rings. The Balaban J connectivity index is 2.06. The molecule has 0 bridgehead atoms. The van der Waals surface area contributed by atoms with E-state index >= 15 is 0 Å². The van der Waals surface area contributed by atoms with Gasteiger partial charge in [-0.05, 0) is 12.8 Å². The Hall–Kier alpha value is 0.310. The Kier molecular flexibility index (Phi) is 2.70. The van der Waals surface area contributed by atoms with Crippen LogP contribution in [0.5, 0.6) is 0 Å². The van der Waals surface area contributed by atoms with Gasteiger partial charge in [-0.2, -0.15) is 0 Å². The fraction of sp³-hybridized carbons (Fsp3) is 0.833. The summed E-state index contributed by atoms with van der Waals surface area (Å²) in [6.07, 6.45) is 2.11. The zero-order chi connectivity index (χ0) is 5.82. The van der Waals surface area contributed by atoms with Crippen LogP contribution in [0.15, 0.2) is 0 Å². The van der Waals surface area contributed by atoms with E-state index in [1.54, 1.807) is 0 Å². The van der Waals surface area contributed by atoms with Gasteiger partial charge in [-0.25, -0.2) is 0 Å². The van der Waals surface area contributed by atoms with Crippen molar-refractivity contribution in [2.45, 2.75) is 18.3 Å². The van der Waals surface area contributed by atoms with Crippen LogP contribution >= 0.6 is 11.8 Å². The highest BCUT2D eigenvalue weighted by atomic mass is 32.2. The van der Waals surface area contributed by atoms with Gasteiger partial charge in [0.2, 0.25) is 0 Å². The Bertz CT molecular complexity index is 59.5. The van der Waals surface area contributed by atoms with Gasteiger partial charge in [0.1, 0.15) is 5.44 Å². The minimum atomic E-state index is 0.465. The third-order valence-electron chi connectivity index (χ3n) is 1.13. The SMILES string of the molecule is [CH2]CCC1OCCS1. The van der Waals surface area contributed by atoms with Gasteiger partial charge in [0.05, 0.1) is 6.61 Å². The lowest BCUT2D eigenvalue weighted by Crippen LogP contribution is -1.98. The number of hydrogen-bond acceptors (Lipinski definition) is 2. The predicted octanol–water partition coefficient (Wildman–Crippen LogP) is 1.69. The molecule has 0 aromatic heterocycles. The van der Waals surface area contributed by atoms with Crippen molar-refractivity contribution in [3.05, 3.63) is 6.92 Å². The molecule has 0 N–H and O–H groups in total. The van der Waals surface area contributed by atoms with Crippen molar-refractivity contribution in [3.63, 3.8) is 0 Å². The van der Waals surface area contributed by atoms with E-state index in [0.29, 0.717) is 5.44 Å². The van der Waals surface area contributed by atoms with Gasteiger partial charge < -0.3 is 4.74 Å². The minimum Gasteiger partial charge on any atom is -0.367 e. The second-order valence-electron chi connectivity index (χ2n) is 1.81. The number of rotatable bonds is 2. The van der Waals surface area contributed by atoms with Crippen LogP contribution in [0.3, 0.4) is 0 Å². The predicted molar refractivity (Wildman–Crippen MR) is 36.8 cm³/mol. The van der Waals surface area contributed by atoms with Gasteiger partial charge in [-0.1, -0.05) is 6.92 Å². The molecule has 1 aliphatic rings. The molecule has 1 rings (SSSR count). The molecule has 8 heavy (non-hydrogen) atoms. The minimum absolute atomic E-state index is 0.465. The standard InChI is InChI=1S/C6H11OS/c1-2-3-6-7-4-5-8-6/h6H,1-5H2. The molecule has 2 heteroatoms. The van der Waals surface area contributed by atoms with Crippen molar-refractivity contribution >= 4 is 11.8 Å². The fourth-order valence-corrected chi connectivity index (χ4v) is 1.72. The molecule has 0 aromatic rings. The second kappa shape index (κ2) is 3.36. The normalized spacial score (nSPS) is 28.9. The molecule has 1 saturated heterocycles. The largest absolute Gasteiger partial charge is 0.367 e. The lowest BCUT2D eigenvalue weighted by molar-refractivity contribution is 0.138. The molecular formula is C6H11OS. The Morgan fingerprint density at radius 1 is 1.75 bits per heavy atom. The molecule has 0 spiro atoms. The quantitative estimate of drug-likeness (QED) is 0.564. The van der Waals surface area contributed by atoms with Gasteiger partial charge in [-0.3, -0.25) is 0 Å². The molecule has 0 saturated carbocycles. The molecule has 0 amide bonds. The molecule has 1 unspecified atom stereocenters. The van der Waals surface area contributed by atoms with Crippen molar-refractivity contribution < 1.29 is 4.74 Å². The number of hydrogen-bond donors (Lipinski definition) is 0. The molecule has 1 aliphatic heterocycles. The van der Waals surface area contributed by atoms with E-state index < -0.39 is 0 Å². The van der Waals surface area contributed by atoms with Crippen molar-refractivity contribution in [1.82, 2.24) is 0 Å². The van der Waals surface area contributed by atoms with Gasteiger partial charge in [0.25, 0.3) is 0 Å². The lowest BCUT2D eigenvalue weighted by atomic mass is 10.4. The van der Waals surface area contributed by atoms with E-state index in [2.05, 4.69) is 6.92 Å². The van der Waals surface area contributed by atoms with Gasteiger partial charge >= 0.3 is 0 Å². The first-order chi connectivity index (χ1) is 3.93. The summed E-state index contributed by atoms with van der Waals surface area (Å²) in [5, 5.41) is 0. The molecule has 0 aliphatic carbocycles. The molecule has 1 nitrogen and oxygen atoms in total. The third kappa shape index (κ3) is 1.67. The second-order valence-corrected chi connectivity index (χ2v) is 3.08. The average molecular weight is 131 g/mol. The molecule has 0 aromatic carbocycles. The van der Waals surface area contributed by atoms with Crippen LogP contribution in [-0.2, 0) is 4.74 Å². The van der Waals surface area contributed by atoms with Gasteiger partial charge in [0, 0.05) is 5.75 Å². The molecule has 1 radical (unpaired) electrons. The maximum atomic E-state index is 5.32. The zero-order valence-electron chi connectivity index (χ0n) is 4.93. The van der Waals surface area contributed by atoms with E-state index in [1.807, 2.05) is 11.8 Å². The highest BCUT2D eigenvalue weighted by Crippen LogP contribution is 2.22. The fourth-order valence-electron chi connectivity index (χ4n) is 0.741. The lowest BCUT2D eigenvalue weighted by Gasteiger charge is -2.03. The van der Waals surface area contributed by atoms with E-state index in [9.17, 15) is 0 Å². The summed E-state index contributed by atoms with van der Waals surface area (Å²) >= 11 is 1.90. The first kappa shape index (κ1) is 6.43. The van der Waals surface area contributed by atoms with Crippen LogP contribution < -0.4 is 0 Å². The molecule has 47 valence electrons. The maximum Gasteiger partial charge on any atom is 0.103 e. The summed E-state index contributed by atoms with van der Waals surface area (Å²) in [7, 11) is 0. The third-order valence-corrected chi connectivity index (χ3v) is 2.28. The monoisotopic (exact) mass is 131 g/mol. The van der Waals surface area contributed by atoms with E-state index in [4.69, 9.17) is 4.74 Å². The average Bonchev–Trinajstić information content (AvgIpc) is 2.19. The molecular weight excluding hydrogens is 120 g/mol. The Morgan fingerprint density at radius 2 is 2.62 bits per heavy atom. The Morgan fingerprint density at radius 3 is 3.12 bits per heavy atom. The smallest absolute Gasteiger partial charge is 0.103 e. The summed E-state index contributed by atoms with van der Waals surface area (Å²) in [5.74, 6) is 1.17. The number of ether oxygens (including phenoxy) is 1. The summed E-state index contributed by atoms with van der Waals surface area (Å²) in [6.45, 7) is 4.70. The van der Waals surface area contributed by atoms with Gasteiger partial charge in [0.15, 0.2) is 0 Å². The van der Waals surface area contributed by atoms with Crippen LogP contribution in [-0.4, -0.2) is 17.8 Å². The van der Waals surface area contributed by atoms with E-state index in [-0.39, 0.29) is 0 Å². The first-order valence-electron chi connectivity index (χ1n) is 2.96. The van der Waals surface area contributed by atoms with Crippen molar-refractivity contribution in [1.29, 1.82) is 0 Å². The van der Waals surface area contributed by atoms with E-state index in [0.717, 1.165) is 19.4 Å². The van der Waals surface area contributed by atoms with Crippen LogP contribution in [0.1, 0.15) is 12.8 Å². The van der Waals surface area contributed by atoms with Crippen molar-refractivity contribution in [2.75, 3.05) is 12.4 Å². The zero-order valence-corrected chi connectivity index (χ0v) is 5.75. The Labute approximate surface area is 54.8 Å². The highest BCUT2D eigenvalue weighted by Gasteiger charge is 2.13. The summed E-state index contributed by atoms with van der Waals surface area (Å²) in [4.78, 5) is 0. The van der Waals surface area contributed by atoms with Crippen LogP contribution in [0, 0.1) is 6.92 Å². The van der Waals surface area contributed by atoms with Crippen LogP contribution in [0.2, 0.25) is 0 Å². The van der Waals surface area contributed by atoms with Crippen LogP contribution in [0.25, 0.3) is 0 Å². The number of thioether (sulfide) groups is 1. The van der Waals surface area contributed by atoms with Gasteiger partial charge in [-0.15, -0.1) is 11.8 Å². The first-order valence-corrected chi connectivity index (χ1v) is 4.01. The molecule has 1 atom stereocenters. The van der Waals surface area contributed by atoms with E-state index in [1.165, 1.54) is 5.75 Å². The summed E-state index contributed by atoms with van der Waals surface area (Å²) in [6, 6.07) is 0. The van der Waals surface area contributed by atoms with Crippen LogP contribution in [0.4, 0.5) is 0 Å². The van der Waals surface area contributed by atoms with Crippen molar-refractivity contribution in [3.8, 4) is 0 Å². The highest BCUT2D eigenvalue weighted by molar-refractivity contribution is 7.99. The maximum absolute atomic E-state index is 5.32. The topological polar surface area (TPSA) is 9.23 Å². The van der Waals surface area contributed by atoms with Crippen molar-refractivity contribution in [2.24, 2.45) is 0 Å². The summed E-state index contributed by atoms with van der Waals surface area (Å²) < 4.78 is 5.32.